The van der Waals surface area contributed by atoms with E-state index in [2.05, 4.69) is 4.74 Å². The molecule has 0 bridgehead atoms. The molecule has 7 heteroatoms. The van der Waals surface area contributed by atoms with Gasteiger partial charge in [0.05, 0.1) is 19.8 Å². The zero-order valence-corrected chi connectivity index (χ0v) is 6.87. The quantitative estimate of drug-likeness (QED) is 0.242. The maximum atomic E-state index is 8.75. The Balaban J connectivity index is 3.54. The van der Waals surface area contributed by atoms with Crippen LogP contribution in [0.3, 0.4) is 0 Å². The zero-order valence-electron chi connectivity index (χ0n) is 6.87. The van der Waals surface area contributed by atoms with Crippen molar-refractivity contribution in [3.05, 3.63) is 0 Å². The summed E-state index contributed by atoms with van der Waals surface area (Å²) in [6.07, 6.45) is -2.99. The Morgan fingerprint density at radius 3 is 2.00 bits per heavy atom. The molecule has 0 radical (unpaired) electrons. The lowest BCUT2D eigenvalue weighted by Crippen LogP contribution is -2.45. The maximum absolute atomic E-state index is 8.75. The van der Waals surface area contributed by atoms with E-state index in [9.17, 15) is 0 Å². The van der Waals surface area contributed by atoms with Crippen LogP contribution in [0.25, 0.3) is 0 Å². The van der Waals surface area contributed by atoms with Gasteiger partial charge >= 0.3 is 5.97 Å². The fourth-order valence-electron chi connectivity index (χ4n) is 0.480. The van der Waals surface area contributed by atoms with E-state index in [1.165, 1.54) is 0 Å². The molecule has 6 N–H and O–H groups in total. The molecule has 2 unspecified atom stereocenters. The molecule has 0 amide bonds. The molecule has 0 heterocycles. The van der Waals surface area contributed by atoms with Crippen LogP contribution >= 0.6 is 0 Å². The summed E-state index contributed by atoms with van der Waals surface area (Å²) in [5.74, 6) is -3.22. The Labute approximate surface area is 74.4 Å². The summed E-state index contributed by atoms with van der Waals surface area (Å²) in [6, 6.07) is 0. The monoisotopic (exact) mass is 198 g/mol. The van der Waals surface area contributed by atoms with Crippen LogP contribution in [0.15, 0.2) is 0 Å². The lowest BCUT2D eigenvalue weighted by Gasteiger charge is -2.21. The molecular weight excluding hydrogens is 184 g/mol. The molecule has 0 fully saturated rings. The van der Waals surface area contributed by atoms with Crippen molar-refractivity contribution in [1.82, 2.24) is 0 Å². The number of rotatable bonds is 6. The van der Waals surface area contributed by atoms with E-state index in [1.807, 2.05) is 0 Å². The molecule has 13 heavy (non-hydrogen) atoms. The molecule has 0 saturated heterocycles. The van der Waals surface area contributed by atoms with Gasteiger partial charge in [-0.2, -0.15) is 0 Å². The van der Waals surface area contributed by atoms with Crippen molar-refractivity contribution in [3.63, 3.8) is 0 Å². The van der Waals surface area contributed by atoms with E-state index in [4.69, 9.17) is 30.6 Å². The molecule has 7 nitrogen and oxygen atoms in total. The lowest BCUT2D eigenvalue weighted by atomic mass is 10.3. The SMILES string of the molecule is OCC(O)COCC(O)C(O)(O)O. The Hall–Kier alpha value is -0.280. The Morgan fingerprint density at radius 1 is 1.08 bits per heavy atom. The molecule has 0 rings (SSSR count). The predicted molar refractivity (Wildman–Crippen MR) is 39.3 cm³/mol. The van der Waals surface area contributed by atoms with Gasteiger partial charge in [0.25, 0.3) is 0 Å². The van der Waals surface area contributed by atoms with Crippen molar-refractivity contribution in [2.24, 2.45) is 0 Å². The summed E-state index contributed by atoms with van der Waals surface area (Å²) in [5, 5.41) is 50.9. The molecule has 0 aromatic carbocycles. The first-order valence-corrected chi connectivity index (χ1v) is 3.59. The van der Waals surface area contributed by atoms with Gasteiger partial charge in [0.1, 0.15) is 6.10 Å². The van der Waals surface area contributed by atoms with E-state index in [0.29, 0.717) is 0 Å². The van der Waals surface area contributed by atoms with Crippen LogP contribution in [0.1, 0.15) is 0 Å². The molecule has 80 valence electrons. The van der Waals surface area contributed by atoms with E-state index in [-0.39, 0.29) is 6.61 Å². The van der Waals surface area contributed by atoms with Gasteiger partial charge in [0, 0.05) is 0 Å². The van der Waals surface area contributed by atoms with Gasteiger partial charge in [-0.15, -0.1) is 0 Å². The van der Waals surface area contributed by atoms with E-state index in [1.54, 1.807) is 0 Å². The third-order valence-electron chi connectivity index (χ3n) is 1.24. The fourth-order valence-corrected chi connectivity index (χ4v) is 0.480. The van der Waals surface area contributed by atoms with Gasteiger partial charge in [0.2, 0.25) is 0 Å². The van der Waals surface area contributed by atoms with Crippen LogP contribution in [0.2, 0.25) is 0 Å². The first-order valence-electron chi connectivity index (χ1n) is 3.59. The number of aliphatic hydroxyl groups excluding tert-OH is 3. The minimum Gasteiger partial charge on any atom is -0.394 e. The van der Waals surface area contributed by atoms with Crippen molar-refractivity contribution in [2.75, 3.05) is 19.8 Å². The Bertz CT molecular complexity index is 131. The second-order valence-electron chi connectivity index (χ2n) is 2.58. The van der Waals surface area contributed by atoms with E-state index in [0.717, 1.165) is 0 Å². The molecular formula is C6H14O7. The number of aliphatic hydroxyl groups is 6. The number of ether oxygens (including phenoxy) is 1. The van der Waals surface area contributed by atoms with Crippen LogP contribution in [-0.2, 0) is 4.74 Å². The van der Waals surface area contributed by atoms with E-state index < -0.39 is 31.4 Å². The summed E-state index contributed by atoms with van der Waals surface area (Å²) in [5.41, 5.74) is 0. The highest BCUT2D eigenvalue weighted by Crippen LogP contribution is 2.01. The zero-order chi connectivity index (χ0) is 10.5. The highest BCUT2D eigenvalue weighted by atomic mass is 16.7. The minimum atomic E-state index is -3.22. The van der Waals surface area contributed by atoms with Crippen molar-refractivity contribution in [1.29, 1.82) is 0 Å². The fraction of sp³-hybridized carbons (Fsp3) is 1.00. The van der Waals surface area contributed by atoms with Crippen LogP contribution in [-0.4, -0.2) is 68.6 Å². The molecule has 0 aliphatic carbocycles. The number of hydrogen-bond acceptors (Lipinski definition) is 7. The molecule has 0 spiro atoms. The summed E-state index contributed by atoms with van der Waals surface area (Å²) in [4.78, 5) is 0. The number of hydrogen-bond donors (Lipinski definition) is 6. The van der Waals surface area contributed by atoms with Crippen LogP contribution < -0.4 is 0 Å². The third kappa shape index (κ3) is 5.88. The maximum Gasteiger partial charge on any atom is 0.305 e. The third-order valence-corrected chi connectivity index (χ3v) is 1.24. The minimum absolute atomic E-state index is 0.274. The normalized spacial score (nSPS) is 17.1. The molecule has 0 aromatic heterocycles. The van der Waals surface area contributed by atoms with Gasteiger partial charge in [-0.05, 0) is 0 Å². The molecule has 2 atom stereocenters. The Morgan fingerprint density at radius 2 is 1.62 bits per heavy atom. The molecule has 0 aromatic rings. The van der Waals surface area contributed by atoms with Gasteiger partial charge < -0.3 is 35.4 Å². The first kappa shape index (κ1) is 12.7. The highest BCUT2D eigenvalue weighted by Gasteiger charge is 2.30. The van der Waals surface area contributed by atoms with Crippen LogP contribution in [0.4, 0.5) is 0 Å². The molecule has 0 saturated carbocycles. The predicted octanol–water partition coefficient (Wildman–Crippen LogP) is -3.65. The topological polar surface area (TPSA) is 131 Å². The smallest absolute Gasteiger partial charge is 0.305 e. The van der Waals surface area contributed by atoms with Gasteiger partial charge in [0.15, 0.2) is 6.10 Å². The summed E-state index contributed by atoms with van der Waals surface area (Å²) >= 11 is 0. The summed E-state index contributed by atoms with van der Waals surface area (Å²) in [7, 11) is 0. The van der Waals surface area contributed by atoms with Gasteiger partial charge in [-0.1, -0.05) is 0 Å². The average Bonchev–Trinajstić information content (AvgIpc) is 2.02. The lowest BCUT2D eigenvalue weighted by molar-refractivity contribution is -0.359. The summed E-state index contributed by atoms with van der Waals surface area (Å²) < 4.78 is 4.53. The van der Waals surface area contributed by atoms with Crippen molar-refractivity contribution in [2.45, 2.75) is 18.2 Å². The van der Waals surface area contributed by atoms with Crippen LogP contribution in [0.5, 0.6) is 0 Å². The Kier molecular flexibility index (Phi) is 5.33. The summed E-state index contributed by atoms with van der Waals surface area (Å²) in [6.45, 7) is -1.34. The van der Waals surface area contributed by atoms with Crippen molar-refractivity contribution < 1.29 is 35.4 Å². The standard InChI is InChI=1S/C6H14O7/c7-1-4(8)2-13-3-5(9)6(10,11)12/h4-5,7-12H,1-3H2. The molecule has 0 aliphatic heterocycles. The molecule has 0 aliphatic rings. The second kappa shape index (κ2) is 5.45. The second-order valence-corrected chi connectivity index (χ2v) is 2.58. The average molecular weight is 198 g/mol. The van der Waals surface area contributed by atoms with Crippen molar-refractivity contribution in [3.8, 4) is 0 Å². The largest absolute Gasteiger partial charge is 0.394 e. The van der Waals surface area contributed by atoms with Gasteiger partial charge in [-0.3, -0.25) is 0 Å². The highest BCUT2D eigenvalue weighted by molar-refractivity contribution is 4.62. The van der Waals surface area contributed by atoms with E-state index >= 15 is 0 Å². The van der Waals surface area contributed by atoms with Gasteiger partial charge in [-0.25, -0.2) is 0 Å². The van der Waals surface area contributed by atoms with Crippen LogP contribution in [0, 0.1) is 0 Å². The first-order chi connectivity index (χ1) is 5.88. The van der Waals surface area contributed by atoms with Crippen molar-refractivity contribution >= 4 is 0 Å².